The van der Waals surface area contributed by atoms with Crippen LogP contribution in [0.25, 0.3) is 5.76 Å². The summed E-state index contributed by atoms with van der Waals surface area (Å²) in [5.41, 5.74) is 1.17. The number of carbonyl (C=O) groups excluding carboxylic acids is 2. The van der Waals surface area contributed by atoms with E-state index in [2.05, 4.69) is 0 Å². The topological polar surface area (TPSA) is 85.3 Å². The summed E-state index contributed by atoms with van der Waals surface area (Å²) >= 11 is 0. The van der Waals surface area contributed by atoms with Gasteiger partial charge in [0.2, 0.25) is 0 Å². The lowest BCUT2D eigenvalue weighted by atomic mass is 9.94. The second-order valence-corrected chi connectivity index (χ2v) is 7.28. The number of anilines is 1. The highest BCUT2D eigenvalue weighted by molar-refractivity contribution is 6.51. The van der Waals surface area contributed by atoms with Crippen molar-refractivity contribution in [1.82, 2.24) is 0 Å². The number of benzene rings is 3. The number of hydrogen-bond donors (Lipinski definition) is 1. The van der Waals surface area contributed by atoms with Crippen molar-refractivity contribution in [2.75, 3.05) is 26.2 Å². The third-order valence-electron chi connectivity index (χ3n) is 5.58. The van der Waals surface area contributed by atoms with Gasteiger partial charge < -0.3 is 19.3 Å². The van der Waals surface area contributed by atoms with E-state index in [0.29, 0.717) is 28.5 Å². The highest BCUT2D eigenvalue weighted by atomic mass is 16.5. The minimum atomic E-state index is -0.932. The number of carbonyl (C=O) groups is 2. The van der Waals surface area contributed by atoms with Gasteiger partial charge in [-0.05, 0) is 30.3 Å². The first-order valence-electron chi connectivity index (χ1n) is 10.2. The zero-order chi connectivity index (χ0) is 23.5. The number of Topliss-reactive ketones (excluding diaryl/α,β-unsaturated/α-hetero) is 1. The molecule has 3 aromatic carbocycles. The minimum Gasteiger partial charge on any atom is -0.506 e. The fraction of sp³-hybridized carbons (Fsp3) is 0.154. The van der Waals surface area contributed by atoms with Crippen LogP contribution in [0, 0.1) is 0 Å². The second-order valence-electron chi connectivity index (χ2n) is 7.28. The molecule has 1 saturated heterocycles. The van der Waals surface area contributed by atoms with Gasteiger partial charge in [-0.25, -0.2) is 0 Å². The van der Waals surface area contributed by atoms with Crippen molar-refractivity contribution in [2.45, 2.75) is 6.04 Å². The summed E-state index contributed by atoms with van der Waals surface area (Å²) in [7, 11) is 4.41. The van der Waals surface area contributed by atoms with Crippen LogP contribution in [0.2, 0.25) is 0 Å². The number of rotatable bonds is 6. The van der Waals surface area contributed by atoms with E-state index in [1.165, 1.54) is 26.2 Å². The van der Waals surface area contributed by atoms with Crippen LogP contribution in [0.3, 0.4) is 0 Å². The molecule has 3 aromatic rings. The van der Waals surface area contributed by atoms with E-state index in [1.54, 1.807) is 66.7 Å². The number of methoxy groups -OCH3 is 3. The molecule has 1 atom stereocenters. The molecule has 1 heterocycles. The first-order chi connectivity index (χ1) is 16.0. The van der Waals surface area contributed by atoms with Crippen LogP contribution in [-0.2, 0) is 9.59 Å². The van der Waals surface area contributed by atoms with Gasteiger partial charge in [0.15, 0.2) is 0 Å². The molecule has 168 valence electrons. The Balaban J connectivity index is 2.05. The number of aliphatic hydroxyl groups excluding tert-OH is 1. The predicted octanol–water partition coefficient (Wildman–Crippen LogP) is 4.34. The summed E-state index contributed by atoms with van der Waals surface area (Å²) < 4.78 is 16.4. The normalized spacial score (nSPS) is 17.2. The lowest BCUT2D eigenvalue weighted by molar-refractivity contribution is -0.132. The van der Waals surface area contributed by atoms with Crippen LogP contribution >= 0.6 is 0 Å². The number of ether oxygens (including phenoxy) is 3. The fourth-order valence-electron chi connectivity index (χ4n) is 4.09. The average molecular weight is 445 g/mol. The second kappa shape index (κ2) is 9.08. The van der Waals surface area contributed by atoms with E-state index in [0.717, 1.165) is 0 Å². The summed E-state index contributed by atoms with van der Waals surface area (Å²) in [5.74, 6) is -0.888. The molecule has 0 spiro atoms. The van der Waals surface area contributed by atoms with Crippen molar-refractivity contribution >= 4 is 23.1 Å². The van der Waals surface area contributed by atoms with Gasteiger partial charge in [-0.1, -0.05) is 42.5 Å². The van der Waals surface area contributed by atoms with Gasteiger partial charge in [0, 0.05) is 11.3 Å². The smallest absolute Gasteiger partial charge is 0.300 e. The first-order valence-corrected chi connectivity index (χ1v) is 10.2. The van der Waals surface area contributed by atoms with Crippen LogP contribution < -0.4 is 19.1 Å². The average Bonchev–Trinajstić information content (AvgIpc) is 3.13. The zero-order valence-corrected chi connectivity index (χ0v) is 18.4. The van der Waals surface area contributed by atoms with Gasteiger partial charge in [-0.2, -0.15) is 0 Å². The molecule has 7 nitrogen and oxygen atoms in total. The van der Waals surface area contributed by atoms with Crippen molar-refractivity contribution in [3.63, 3.8) is 0 Å². The third-order valence-corrected chi connectivity index (χ3v) is 5.58. The molecule has 1 unspecified atom stereocenters. The number of aliphatic hydroxyl groups is 1. The molecule has 0 bridgehead atoms. The molecule has 1 aliphatic heterocycles. The maximum atomic E-state index is 13.4. The molecule has 33 heavy (non-hydrogen) atoms. The number of nitrogens with zero attached hydrogens (tertiary/aromatic N) is 1. The fourth-order valence-corrected chi connectivity index (χ4v) is 4.09. The van der Waals surface area contributed by atoms with Gasteiger partial charge in [0.05, 0.1) is 32.9 Å². The van der Waals surface area contributed by atoms with Crippen LogP contribution in [0.4, 0.5) is 5.69 Å². The summed E-state index contributed by atoms with van der Waals surface area (Å²) in [6, 6.07) is 20.0. The van der Waals surface area contributed by atoms with E-state index in [9.17, 15) is 14.7 Å². The van der Waals surface area contributed by atoms with Gasteiger partial charge in [0.1, 0.15) is 28.6 Å². The van der Waals surface area contributed by atoms with E-state index in [-0.39, 0.29) is 11.1 Å². The summed E-state index contributed by atoms with van der Waals surface area (Å²) in [5, 5.41) is 11.5. The van der Waals surface area contributed by atoms with Gasteiger partial charge >= 0.3 is 0 Å². The lowest BCUT2D eigenvalue weighted by Gasteiger charge is -2.26. The molecule has 4 rings (SSSR count). The summed E-state index contributed by atoms with van der Waals surface area (Å²) in [4.78, 5) is 28.0. The molecule has 1 aliphatic rings. The summed E-state index contributed by atoms with van der Waals surface area (Å²) in [6.07, 6.45) is 0. The highest BCUT2D eigenvalue weighted by Gasteiger charge is 2.48. The molecule has 1 N–H and O–H groups in total. The standard InChI is InChI=1S/C26H23NO6/c1-31-18-13-8-7-12-17(18)23-22(24(28)21-19(32-2)14-9-15-20(21)33-3)25(29)26(30)27(23)16-10-5-4-6-11-16/h4-15,23,28H,1-3H3/b24-22+. The first kappa shape index (κ1) is 22.0. The Bertz CT molecular complexity index is 1210. The molecule has 0 aliphatic carbocycles. The van der Waals surface area contributed by atoms with Crippen molar-refractivity contribution in [3.05, 3.63) is 89.5 Å². The monoisotopic (exact) mass is 445 g/mol. The Labute approximate surface area is 191 Å². The van der Waals surface area contributed by atoms with E-state index in [1.807, 2.05) is 6.07 Å². The van der Waals surface area contributed by atoms with Crippen molar-refractivity contribution in [2.24, 2.45) is 0 Å². The predicted molar refractivity (Wildman–Crippen MR) is 124 cm³/mol. The van der Waals surface area contributed by atoms with Gasteiger partial charge in [-0.15, -0.1) is 0 Å². The Hall–Kier alpha value is -4.26. The third kappa shape index (κ3) is 3.67. The highest BCUT2D eigenvalue weighted by Crippen LogP contribution is 2.46. The van der Waals surface area contributed by atoms with E-state index >= 15 is 0 Å². The van der Waals surface area contributed by atoms with Gasteiger partial charge in [-0.3, -0.25) is 14.5 Å². The van der Waals surface area contributed by atoms with Gasteiger partial charge in [0.25, 0.3) is 11.7 Å². The van der Waals surface area contributed by atoms with Crippen LogP contribution in [0.15, 0.2) is 78.4 Å². The molecule has 7 heteroatoms. The maximum Gasteiger partial charge on any atom is 0.300 e. The Morgan fingerprint density at radius 1 is 0.758 bits per heavy atom. The van der Waals surface area contributed by atoms with Crippen LogP contribution in [0.5, 0.6) is 17.2 Å². The van der Waals surface area contributed by atoms with E-state index in [4.69, 9.17) is 14.2 Å². The Morgan fingerprint density at radius 2 is 1.30 bits per heavy atom. The van der Waals surface area contributed by atoms with Crippen LogP contribution in [-0.4, -0.2) is 38.1 Å². The zero-order valence-electron chi connectivity index (χ0n) is 18.4. The van der Waals surface area contributed by atoms with Crippen molar-refractivity contribution in [3.8, 4) is 17.2 Å². The SMILES string of the molecule is COc1ccccc1C1/C(=C(\O)c2c(OC)cccc2OC)C(=O)C(=O)N1c1ccccc1. The number of ketones is 1. The molecule has 0 radical (unpaired) electrons. The maximum absolute atomic E-state index is 13.4. The molecular weight excluding hydrogens is 422 g/mol. The van der Waals surface area contributed by atoms with Crippen LogP contribution in [0.1, 0.15) is 17.2 Å². The van der Waals surface area contributed by atoms with E-state index < -0.39 is 23.5 Å². The quantitative estimate of drug-likeness (QED) is 0.345. The molecular formula is C26H23NO6. The Morgan fingerprint density at radius 3 is 1.91 bits per heavy atom. The molecule has 1 fully saturated rings. The Kier molecular flexibility index (Phi) is 6.04. The lowest BCUT2D eigenvalue weighted by Crippen LogP contribution is -2.29. The molecule has 0 aromatic heterocycles. The number of para-hydroxylation sites is 2. The largest absolute Gasteiger partial charge is 0.506 e. The minimum absolute atomic E-state index is 0.0869. The molecule has 0 saturated carbocycles. The summed E-state index contributed by atoms with van der Waals surface area (Å²) in [6.45, 7) is 0. The van der Waals surface area contributed by atoms with Crippen molar-refractivity contribution in [1.29, 1.82) is 0 Å². The molecule has 1 amide bonds. The van der Waals surface area contributed by atoms with Crippen molar-refractivity contribution < 1.29 is 28.9 Å². The number of hydrogen-bond acceptors (Lipinski definition) is 6. The number of amides is 1.